The van der Waals surface area contributed by atoms with Gasteiger partial charge < -0.3 is 4.81 Å². The molecule has 1 aromatic heterocycles. The Morgan fingerprint density at radius 2 is 1.32 bits per heavy atom. The van der Waals surface area contributed by atoms with E-state index in [2.05, 4.69) is 138 Å². The van der Waals surface area contributed by atoms with E-state index in [9.17, 15) is 0 Å². The van der Waals surface area contributed by atoms with Crippen molar-refractivity contribution in [2.45, 2.75) is 0 Å². The summed E-state index contributed by atoms with van der Waals surface area (Å²) in [5.74, 6) is 2.42. The normalized spacial score (nSPS) is 13.9. The number of anilines is 1. The highest BCUT2D eigenvalue weighted by Gasteiger charge is 2.33. The molecule has 1 nitrogen and oxygen atoms in total. The van der Waals surface area contributed by atoms with Crippen molar-refractivity contribution < 1.29 is 0 Å². The Labute approximate surface area is 220 Å². The van der Waals surface area contributed by atoms with Gasteiger partial charge in [0, 0.05) is 31.4 Å². The van der Waals surface area contributed by atoms with Crippen LogP contribution in [-0.4, -0.2) is 6.85 Å². The second-order valence-electron chi connectivity index (χ2n) is 9.76. The zero-order valence-corrected chi connectivity index (χ0v) is 21.0. The molecule has 0 amide bonds. The monoisotopic (exact) mass is 487 g/mol. The van der Waals surface area contributed by atoms with E-state index in [-0.39, 0.29) is 6.85 Å². The third-order valence-corrected chi connectivity index (χ3v) is 8.93. The first-order valence-electron chi connectivity index (χ1n) is 12.7. The van der Waals surface area contributed by atoms with Crippen LogP contribution < -0.4 is 10.3 Å². The van der Waals surface area contributed by atoms with E-state index >= 15 is 0 Å². The van der Waals surface area contributed by atoms with Gasteiger partial charge in [-0.15, -0.1) is 11.3 Å². The second-order valence-corrected chi connectivity index (χ2v) is 10.8. The third-order valence-electron chi connectivity index (χ3n) is 7.71. The predicted octanol–water partition coefficient (Wildman–Crippen LogP) is 8.56. The van der Waals surface area contributed by atoms with Gasteiger partial charge in [-0.25, -0.2) is 0 Å². The lowest BCUT2D eigenvalue weighted by atomic mass is 9.49. The molecule has 0 fully saturated rings. The Balaban J connectivity index is 1.25. The number of hydrogen-bond acceptors (Lipinski definition) is 2. The minimum absolute atomic E-state index is 0.181. The maximum absolute atomic E-state index is 2.42. The molecule has 0 aliphatic carbocycles. The summed E-state index contributed by atoms with van der Waals surface area (Å²) in [7, 11) is 0. The molecule has 6 aromatic rings. The summed E-state index contributed by atoms with van der Waals surface area (Å²) in [6.07, 6.45) is 4.52. The second kappa shape index (κ2) is 8.09. The molecule has 8 rings (SSSR count). The highest BCUT2D eigenvalue weighted by Crippen LogP contribution is 2.41. The highest BCUT2D eigenvalue weighted by molar-refractivity contribution is 7.26. The number of thiophene rings is 1. The van der Waals surface area contributed by atoms with Crippen LogP contribution in [0.5, 0.6) is 0 Å². The van der Waals surface area contributed by atoms with Gasteiger partial charge in [-0.3, -0.25) is 0 Å². The first kappa shape index (κ1) is 20.8. The number of nitrogens with zero attached hydrogens (tertiary/aromatic N) is 1. The first-order chi connectivity index (χ1) is 18.3. The van der Waals surface area contributed by atoms with E-state index in [1.165, 1.54) is 64.7 Å². The van der Waals surface area contributed by atoms with Gasteiger partial charge in [-0.1, -0.05) is 103 Å². The molecule has 0 saturated carbocycles. The molecular weight excluding hydrogens is 465 g/mol. The maximum Gasteiger partial charge on any atom is 0.321 e. The number of fused-ring (bicyclic) bond motifs is 9. The Bertz CT molecular complexity index is 1910. The molecule has 0 spiro atoms. The van der Waals surface area contributed by atoms with Gasteiger partial charge in [0.2, 0.25) is 0 Å². The van der Waals surface area contributed by atoms with Crippen molar-refractivity contribution in [1.82, 2.24) is 0 Å². The number of allylic oxidation sites excluding steroid dienone is 2. The highest BCUT2D eigenvalue weighted by atomic mass is 32.1. The van der Waals surface area contributed by atoms with E-state index in [0.717, 1.165) is 0 Å². The lowest BCUT2D eigenvalue weighted by Crippen LogP contribution is -2.49. The van der Waals surface area contributed by atoms with Gasteiger partial charge in [0.1, 0.15) is 0 Å². The number of para-hydroxylation sites is 1. The molecule has 5 aromatic carbocycles. The predicted molar refractivity (Wildman–Crippen MR) is 162 cm³/mol. The maximum atomic E-state index is 2.42. The lowest BCUT2D eigenvalue weighted by molar-refractivity contribution is 1.36. The van der Waals surface area contributed by atoms with Gasteiger partial charge >= 0.3 is 6.85 Å². The molecule has 0 N–H and O–H groups in total. The van der Waals surface area contributed by atoms with Gasteiger partial charge in [0.15, 0.2) is 0 Å². The topological polar surface area (TPSA) is 3.24 Å². The molecule has 0 saturated heterocycles. The zero-order chi connectivity index (χ0) is 24.3. The average molecular weight is 487 g/mol. The molecule has 0 unspecified atom stereocenters. The summed E-state index contributed by atoms with van der Waals surface area (Å²) in [5.41, 5.74) is 10.3. The number of rotatable bonds is 2. The van der Waals surface area contributed by atoms with Crippen molar-refractivity contribution in [2.75, 3.05) is 4.81 Å². The third kappa shape index (κ3) is 3.18. The Morgan fingerprint density at radius 1 is 0.595 bits per heavy atom. The van der Waals surface area contributed by atoms with Gasteiger partial charge in [0.25, 0.3) is 0 Å². The molecular formula is C34H22BNS. The van der Waals surface area contributed by atoms with E-state index in [4.69, 9.17) is 0 Å². The number of benzene rings is 5. The standard InChI is InChI=1S/C34H22BNS/c1-4-16-31-27(11-1)28-12-2-5-17-32(28)36-20-19-25(22-35(31)36)23-9-7-10-24(21-23)26-14-8-15-30-29-13-3-6-18-33(29)37-34(26)30/h1-22H. The van der Waals surface area contributed by atoms with Crippen LogP contribution in [-0.2, 0) is 0 Å². The summed E-state index contributed by atoms with van der Waals surface area (Å²) in [6, 6.07) is 42.0. The van der Waals surface area contributed by atoms with Crippen LogP contribution in [0.1, 0.15) is 5.56 Å². The summed E-state index contributed by atoms with van der Waals surface area (Å²) >= 11 is 1.89. The molecule has 172 valence electrons. The van der Waals surface area contributed by atoms with Crippen LogP contribution in [0.25, 0.3) is 48.0 Å². The van der Waals surface area contributed by atoms with Crippen LogP contribution in [0.3, 0.4) is 0 Å². The van der Waals surface area contributed by atoms with Crippen LogP contribution in [0.15, 0.2) is 134 Å². The Hall–Kier alpha value is -4.34. The summed E-state index contributed by atoms with van der Waals surface area (Å²) in [6.45, 7) is 0.181. The summed E-state index contributed by atoms with van der Waals surface area (Å²) < 4.78 is 2.70. The van der Waals surface area contributed by atoms with Crippen molar-refractivity contribution in [3.05, 3.63) is 139 Å². The number of hydrogen-bond donors (Lipinski definition) is 0. The largest absolute Gasteiger partial charge is 0.383 e. The summed E-state index contributed by atoms with van der Waals surface area (Å²) in [5, 5.41) is 2.68. The van der Waals surface area contributed by atoms with Gasteiger partial charge in [-0.2, -0.15) is 0 Å². The van der Waals surface area contributed by atoms with E-state index in [1.807, 2.05) is 11.3 Å². The minimum atomic E-state index is 0.181. The summed E-state index contributed by atoms with van der Waals surface area (Å²) in [4.78, 5) is 2.41. The molecule has 2 aliphatic heterocycles. The first-order valence-corrected chi connectivity index (χ1v) is 13.5. The lowest BCUT2D eigenvalue weighted by Gasteiger charge is -2.37. The minimum Gasteiger partial charge on any atom is -0.383 e. The van der Waals surface area contributed by atoms with Crippen molar-refractivity contribution in [2.24, 2.45) is 0 Å². The van der Waals surface area contributed by atoms with E-state index < -0.39 is 0 Å². The van der Waals surface area contributed by atoms with Gasteiger partial charge in [0.05, 0.1) is 0 Å². The van der Waals surface area contributed by atoms with Crippen molar-refractivity contribution in [1.29, 1.82) is 0 Å². The molecule has 3 heteroatoms. The fraction of sp³-hybridized carbons (Fsp3) is 0. The van der Waals surface area contributed by atoms with Crippen LogP contribution in [0, 0.1) is 0 Å². The fourth-order valence-corrected chi connectivity index (χ4v) is 7.23. The Morgan fingerprint density at radius 3 is 2.30 bits per heavy atom. The smallest absolute Gasteiger partial charge is 0.321 e. The van der Waals surface area contributed by atoms with Crippen LogP contribution >= 0.6 is 11.3 Å². The molecule has 0 radical (unpaired) electrons. The van der Waals surface area contributed by atoms with E-state index in [1.54, 1.807) is 0 Å². The quantitative estimate of drug-likeness (QED) is 0.221. The average Bonchev–Trinajstić information content (AvgIpc) is 3.36. The van der Waals surface area contributed by atoms with Crippen molar-refractivity contribution in [3.63, 3.8) is 0 Å². The molecule has 0 atom stereocenters. The van der Waals surface area contributed by atoms with Crippen molar-refractivity contribution >= 4 is 55.1 Å². The van der Waals surface area contributed by atoms with Crippen molar-refractivity contribution in [3.8, 4) is 22.3 Å². The SMILES string of the molecule is C1=CN2B(C=C1c1cccc(-c3cccc4c3sc3ccccc34)c1)c1ccccc1-c1ccccc12. The zero-order valence-electron chi connectivity index (χ0n) is 20.1. The van der Waals surface area contributed by atoms with Gasteiger partial charge in [-0.05, 0) is 63.8 Å². The molecule has 37 heavy (non-hydrogen) atoms. The molecule has 3 heterocycles. The van der Waals surface area contributed by atoms with E-state index in [0.29, 0.717) is 0 Å². The van der Waals surface area contributed by atoms with Crippen LogP contribution in [0.2, 0.25) is 0 Å². The Kier molecular flexibility index (Phi) is 4.55. The molecule has 2 aliphatic rings. The fourth-order valence-electron chi connectivity index (χ4n) is 5.99. The molecule has 0 bridgehead atoms. The van der Waals surface area contributed by atoms with Crippen LogP contribution in [0.4, 0.5) is 5.69 Å².